The van der Waals surface area contributed by atoms with Crippen LogP contribution in [-0.2, 0) is 0 Å². The monoisotopic (exact) mass is 165 g/mol. The Morgan fingerprint density at radius 1 is 1.75 bits per heavy atom. The van der Waals surface area contributed by atoms with Crippen LogP contribution in [0.2, 0.25) is 0 Å². The summed E-state index contributed by atoms with van der Waals surface area (Å²) in [4.78, 5) is 13.8. The minimum atomic E-state index is -1.36. The van der Waals surface area contributed by atoms with E-state index in [0.29, 0.717) is 0 Å². The van der Waals surface area contributed by atoms with Gasteiger partial charge in [-0.15, -0.1) is 6.42 Å². The molecule has 0 bridgehead atoms. The molecular formula is C8H4FNO2. The van der Waals surface area contributed by atoms with Gasteiger partial charge < -0.3 is 5.11 Å². The van der Waals surface area contributed by atoms with Gasteiger partial charge in [0, 0.05) is 0 Å². The van der Waals surface area contributed by atoms with Crippen LogP contribution in [0.5, 0.6) is 0 Å². The summed E-state index contributed by atoms with van der Waals surface area (Å²) in [6.07, 6.45) is 5.73. The minimum absolute atomic E-state index is 0.105. The van der Waals surface area contributed by atoms with Crippen LogP contribution in [0.25, 0.3) is 0 Å². The summed E-state index contributed by atoms with van der Waals surface area (Å²) in [5.74, 6) is -0.134. The van der Waals surface area contributed by atoms with Gasteiger partial charge in [-0.25, -0.2) is 14.2 Å². The van der Waals surface area contributed by atoms with Crippen molar-refractivity contribution in [3.8, 4) is 12.3 Å². The quantitative estimate of drug-likeness (QED) is 0.629. The Bertz CT molecular complexity index is 368. The molecule has 3 nitrogen and oxygen atoms in total. The number of nitrogens with zero attached hydrogens (tertiary/aromatic N) is 1. The molecule has 0 aliphatic rings. The van der Waals surface area contributed by atoms with Crippen molar-refractivity contribution < 1.29 is 14.3 Å². The highest BCUT2D eigenvalue weighted by Gasteiger charge is 2.10. The van der Waals surface area contributed by atoms with Crippen molar-refractivity contribution in [1.29, 1.82) is 0 Å². The third-order valence-corrected chi connectivity index (χ3v) is 1.23. The molecule has 0 aromatic carbocycles. The van der Waals surface area contributed by atoms with Gasteiger partial charge in [-0.05, 0) is 6.07 Å². The zero-order chi connectivity index (χ0) is 9.14. The number of aromatic nitrogens is 1. The second kappa shape index (κ2) is 3.01. The van der Waals surface area contributed by atoms with Gasteiger partial charge in [-0.1, -0.05) is 5.92 Å². The topological polar surface area (TPSA) is 50.2 Å². The first-order valence-corrected chi connectivity index (χ1v) is 3.00. The Hall–Kier alpha value is -1.89. The SMILES string of the molecule is C#Cc1cc(C(=O)O)c(F)cn1. The minimum Gasteiger partial charge on any atom is -0.478 e. The van der Waals surface area contributed by atoms with Crippen LogP contribution in [0, 0.1) is 18.2 Å². The Labute approximate surface area is 67.9 Å². The molecule has 0 atom stereocenters. The van der Waals surface area contributed by atoms with Crippen molar-refractivity contribution >= 4 is 5.97 Å². The lowest BCUT2D eigenvalue weighted by Crippen LogP contribution is -2.02. The Morgan fingerprint density at radius 2 is 2.42 bits per heavy atom. The van der Waals surface area contributed by atoms with E-state index in [0.717, 1.165) is 12.3 Å². The number of rotatable bonds is 1. The summed E-state index contributed by atoms with van der Waals surface area (Å²) in [6, 6.07) is 1.01. The summed E-state index contributed by atoms with van der Waals surface area (Å²) in [7, 11) is 0. The van der Waals surface area contributed by atoms with E-state index in [1.165, 1.54) is 0 Å². The van der Waals surface area contributed by atoms with Crippen LogP contribution in [0.15, 0.2) is 12.3 Å². The van der Waals surface area contributed by atoms with Crippen molar-refractivity contribution in [3.63, 3.8) is 0 Å². The maximum Gasteiger partial charge on any atom is 0.338 e. The van der Waals surface area contributed by atoms with Gasteiger partial charge >= 0.3 is 5.97 Å². The molecule has 0 unspecified atom stereocenters. The first-order valence-electron chi connectivity index (χ1n) is 3.00. The van der Waals surface area contributed by atoms with Crippen LogP contribution < -0.4 is 0 Å². The predicted octanol–water partition coefficient (Wildman–Crippen LogP) is 0.900. The molecule has 0 spiro atoms. The molecule has 0 saturated carbocycles. The summed E-state index contributed by atoms with van der Waals surface area (Å²) in [5, 5.41) is 8.45. The highest BCUT2D eigenvalue weighted by atomic mass is 19.1. The van der Waals surface area contributed by atoms with Crippen molar-refractivity contribution in [2.24, 2.45) is 0 Å². The average Bonchev–Trinajstić information content (AvgIpc) is 2.05. The zero-order valence-electron chi connectivity index (χ0n) is 5.91. The van der Waals surface area contributed by atoms with Gasteiger partial charge in [0.05, 0.1) is 11.8 Å². The number of halogens is 1. The molecule has 1 N–H and O–H groups in total. The summed E-state index contributed by atoms with van der Waals surface area (Å²) in [6.45, 7) is 0. The molecule has 12 heavy (non-hydrogen) atoms. The lowest BCUT2D eigenvalue weighted by Gasteiger charge is -1.95. The molecule has 0 aliphatic heterocycles. The molecule has 0 aliphatic carbocycles. The lowest BCUT2D eigenvalue weighted by atomic mass is 10.2. The molecule has 1 aromatic heterocycles. The van der Waals surface area contributed by atoms with Crippen LogP contribution >= 0.6 is 0 Å². The van der Waals surface area contributed by atoms with Gasteiger partial charge in [-0.3, -0.25) is 0 Å². The second-order valence-corrected chi connectivity index (χ2v) is 2.00. The standard InChI is InChI=1S/C8H4FNO2/c1-2-5-3-6(8(11)12)7(9)4-10-5/h1,3-4H,(H,11,12). The van der Waals surface area contributed by atoms with Crippen LogP contribution in [0.4, 0.5) is 4.39 Å². The Kier molecular flexibility index (Phi) is 2.06. The van der Waals surface area contributed by atoms with Crippen molar-refractivity contribution in [2.75, 3.05) is 0 Å². The molecule has 4 heteroatoms. The first kappa shape index (κ1) is 8.21. The van der Waals surface area contributed by atoms with Gasteiger partial charge in [0.2, 0.25) is 0 Å². The van der Waals surface area contributed by atoms with Gasteiger partial charge in [0.15, 0.2) is 5.82 Å². The number of carboxylic acids is 1. The zero-order valence-corrected chi connectivity index (χ0v) is 5.91. The van der Waals surface area contributed by atoms with Gasteiger partial charge in [0.1, 0.15) is 5.69 Å². The van der Waals surface area contributed by atoms with E-state index in [1.54, 1.807) is 0 Å². The second-order valence-electron chi connectivity index (χ2n) is 2.00. The van der Waals surface area contributed by atoms with Crippen molar-refractivity contribution in [2.45, 2.75) is 0 Å². The molecule has 0 amide bonds. The predicted molar refractivity (Wildman–Crippen MR) is 39.1 cm³/mol. The van der Waals surface area contributed by atoms with E-state index in [2.05, 4.69) is 10.9 Å². The molecule has 0 fully saturated rings. The fourth-order valence-corrected chi connectivity index (χ4v) is 0.682. The number of carbonyl (C=O) groups is 1. The number of terminal acetylenes is 1. The Balaban J connectivity index is 3.28. The van der Waals surface area contributed by atoms with E-state index < -0.39 is 17.3 Å². The third-order valence-electron chi connectivity index (χ3n) is 1.23. The number of hydrogen-bond donors (Lipinski definition) is 1. The van der Waals surface area contributed by atoms with Crippen LogP contribution in [0.1, 0.15) is 16.1 Å². The van der Waals surface area contributed by atoms with Gasteiger partial charge in [0.25, 0.3) is 0 Å². The molecule has 60 valence electrons. The Morgan fingerprint density at radius 3 is 2.92 bits per heavy atom. The molecule has 1 rings (SSSR count). The highest BCUT2D eigenvalue weighted by Crippen LogP contribution is 2.06. The van der Waals surface area contributed by atoms with Crippen LogP contribution in [-0.4, -0.2) is 16.1 Å². The van der Waals surface area contributed by atoms with E-state index in [4.69, 9.17) is 11.5 Å². The molecule has 1 aromatic rings. The summed E-state index contributed by atoms with van der Waals surface area (Å²) >= 11 is 0. The van der Waals surface area contributed by atoms with Gasteiger partial charge in [-0.2, -0.15) is 0 Å². The maximum absolute atomic E-state index is 12.6. The normalized spacial score (nSPS) is 9.00. The molecule has 0 radical (unpaired) electrons. The average molecular weight is 165 g/mol. The lowest BCUT2D eigenvalue weighted by molar-refractivity contribution is 0.0691. The van der Waals surface area contributed by atoms with E-state index in [1.807, 2.05) is 0 Å². The number of pyridine rings is 1. The van der Waals surface area contributed by atoms with E-state index in [-0.39, 0.29) is 5.69 Å². The summed E-state index contributed by atoms with van der Waals surface area (Å²) < 4.78 is 12.6. The van der Waals surface area contributed by atoms with Crippen molar-refractivity contribution in [1.82, 2.24) is 4.98 Å². The molecule has 0 saturated heterocycles. The van der Waals surface area contributed by atoms with E-state index >= 15 is 0 Å². The molecule has 1 heterocycles. The third kappa shape index (κ3) is 1.40. The fraction of sp³-hybridized carbons (Fsp3) is 0. The maximum atomic E-state index is 12.6. The number of carboxylic acid groups (broad SMARTS) is 1. The van der Waals surface area contributed by atoms with E-state index in [9.17, 15) is 9.18 Å². The summed E-state index contributed by atoms with van der Waals surface area (Å²) in [5.41, 5.74) is -0.355. The first-order chi connectivity index (χ1) is 5.65. The molecular weight excluding hydrogens is 161 g/mol. The van der Waals surface area contributed by atoms with Crippen molar-refractivity contribution in [3.05, 3.63) is 29.3 Å². The highest BCUT2D eigenvalue weighted by molar-refractivity contribution is 5.88. The smallest absolute Gasteiger partial charge is 0.338 e. The number of aromatic carboxylic acids is 1. The van der Waals surface area contributed by atoms with Crippen LogP contribution in [0.3, 0.4) is 0 Å². The number of hydrogen-bond acceptors (Lipinski definition) is 2. The largest absolute Gasteiger partial charge is 0.478 e. The fourth-order valence-electron chi connectivity index (χ4n) is 0.682.